The minimum atomic E-state index is 0.204. The minimum absolute atomic E-state index is 0.204. The smallest absolute Gasteiger partial charge is 0.219 e. The summed E-state index contributed by atoms with van der Waals surface area (Å²) in [5.74, 6) is 0.428. The molecule has 13 heavy (non-hydrogen) atoms. The van der Waals surface area contributed by atoms with E-state index >= 15 is 0 Å². The maximum atomic E-state index is 10.6. The summed E-state index contributed by atoms with van der Waals surface area (Å²) in [5, 5.41) is 0. The Kier molecular flexibility index (Phi) is 6.20. The van der Waals surface area contributed by atoms with Gasteiger partial charge in [-0.1, -0.05) is 13.8 Å². The van der Waals surface area contributed by atoms with Crippen LogP contribution in [0.1, 0.15) is 33.6 Å². The Hall–Kier alpha value is -0.860. The highest BCUT2D eigenvalue weighted by atomic mass is 16.2. The van der Waals surface area contributed by atoms with Crippen LogP contribution in [0.3, 0.4) is 0 Å². The lowest BCUT2D eigenvalue weighted by Gasteiger charge is -2.10. The highest BCUT2D eigenvalue weighted by molar-refractivity contribution is 5.73. The summed E-state index contributed by atoms with van der Waals surface area (Å²) in [4.78, 5) is 22.0. The van der Waals surface area contributed by atoms with Crippen LogP contribution in [0.4, 0.5) is 0 Å². The molecule has 1 aliphatic rings. The molecule has 0 aromatic heterocycles. The maximum absolute atomic E-state index is 10.6. The van der Waals surface area contributed by atoms with E-state index in [1.807, 2.05) is 18.7 Å². The van der Waals surface area contributed by atoms with Crippen molar-refractivity contribution < 1.29 is 9.59 Å². The Morgan fingerprint density at radius 1 is 1.31 bits per heavy atom. The quantitative estimate of drug-likeness (QED) is 0.580. The predicted molar refractivity (Wildman–Crippen MR) is 52.4 cm³/mol. The summed E-state index contributed by atoms with van der Waals surface area (Å²) in [6, 6.07) is 0. The van der Waals surface area contributed by atoms with E-state index in [-0.39, 0.29) is 11.8 Å². The molecule has 0 atom stereocenters. The number of hydrogen-bond acceptors (Lipinski definition) is 2. The fraction of sp³-hybridized carbons (Fsp3) is 0.800. The van der Waals surface area contributed by atoms with Crippen molar-refractivity contribution in [3.63, 3.8) is 0 Å². The highest BCUT2D eigenvalue weighted by Crippen LogP contribution is 2.05. The number of carbonyl (C=O) groups excluding carboxylic acids is 2. The number of carbonyl (C=O) groups is 2. The standard InChI is InChI=1S/C6H11NO.C4H8O/c1-6(8)7-4-2-3-5-7;1-4(2)3-5/h2-5H2,1H3;3-4H,1-2H3. The first-order chi connectivity index (χ1) is 6.07. The van der Waals surface area contributed by atoms with Crippen LogP contribution in [-0.2, 0) is 9.59 Å². The predicted octanol–water partition coefficient (Wildman–Crippen LogP) is 1.47. The monoisotopic (exact) mass is 185 g/mol. The van der Waals surface area contributed by atoms with E-state index in [2.05, 4.69) is 0 Å². The lowest BCUT2D eigenvalue weighted by Crippen LogP contribution is -2.24. The molecule has 1 aliphatic heterocycles. The van der Waals surface area contributed by atoms with Crippen LogP contribution < -0.4 is 0 Å². The molecule has 0 bridgehead atoms. The van der Waals surface area contributed by atoms with Crippen LogP contribution in [0, 0.1) is 5.92 Å². The van der Waals surface area contributed by atoms with Crippen LogP contribution in [0.2, 0.25) is 0 Å². The third-order valence-electron chi connectivity index (χ3n) is 1.82. The van der Waals surface area contributed by atoms with Gasteiger partial charge < -0.3 is 9.69 Å². The van der Waals surface area contributed by atoms with E-state index in [1.54, 1.807) is 6.92 Å². The molecule has 0 aromatic carbocycles. The first-order valence-corrected chi connectivity index (χ1v) is 4.78. The molecule has 3 nitrogen and oxygen atoms in total. The van der Waals surface area contributed by atoms with Crippen LogP contribution in [0.25, 0.3) is 0 Å². The van der Waals surface area contributed by atoms with E-state index < -0.39 is 0 Å². The van der Waals surface area contributed by atoms with Crippen LogP contribution in [-0.4, -0.2) is 30.2 Å². The summed E-state index contributed by atoms with van der Waals surface area (Å²) >= 11 is 0. The highest BCUT2D eigenvalue weighted by Gasteiger charge is 2.12. The Labute approximate surface area is 80.1 Å². The topological polar surface area (TPSA) is 37.4 Å². The molecule has 1 saturated heterocycles. The summed E-state index contributed by atoms with van der Waals surface area (Å²) in [6.07, 6.45) is 3.30. The Balaban J connectivity index is 0.000000252. The van der Waals surface area contributed by atoms with Gasteiger partial charge in [-0.25, -0.2) is 0 Å². The molecule has 1 fully saturated rings. The largest absolute Gasteiger partial charge is 0.343 e. The number of nitrogens with zero attached hydrogens (tertiary/aromatic N) is 1. The second-order valence-corrected chi connectivity index (χ2v) is 3.59. The van der Waals surface area contributed by atoms with Crippen molar-refractivity contribution in [1.29, 1.82) is 0 Å². The number of rotatable bonds is 1. The van der Waals surface area contributed by atoms with Crippen LogP contribution in [0.15, 0.2) is 0 Å². The van der Waals surface area contributed by atoms with Gasteiger partial charge in [0, 0.05) is 25.9 Å². The zero-order valence-corrected chi connectivity index (χ0v) is 8.75. The fourth-order valence-corrected chi connectivity index (χ4v) is 1.03. The third kappa shape index (κ3) is 6.31. The molecule has 0 saturated carbocycles. The molecule has 0 spiro atoms. The van der Waals surface area contributed by atoms with E-state index in [9.17, 15) is 9.59 Å². The van der Waals surface area contributed by atoms with Gasteiger partial charge in [-0.2, -0.15) is 0 Å². The van der Waals surface area contributed by atoms with Gasteiger partial charge in [0.05, 0.1) is 0 Å². The molecule has 0 radical (unpaired) electrons. The first kappa shape index (κ1) is 12.1. The fourth-order valence-electron chi connectivity index (χ4n) is 1.03. The molecule has 1 heterocycles. The lowest BCUT2D eigenvalue weighted by molar-refractivity contribution is -0.127. The number of aldehydes is 1. The zero-order valence-electron chi connectivity index (χ0n) is 8.75. The number of likely N-dealkylation sites (tertiary alicyclic amines) is 1. The SMILES string of the molecule is CC(=O)N1CCCC1.CC(C)C=O. The van der Waals surface area contributed by atoms with E-state index in [1.165, 1.54) is 12.8 Å². The lowest BCUT2D eigenvalue weighted by atomic mass is 10.3. The molecule has 1 amide bonds. The van der Waals surface area contributed by atoms with Crippen molar-refractivity contribution in [1.82, 2.24) is 4.90 Å². The Morgan fingerprint density at radius 3 is 1.85 bits per heavy atom. The minimum Gasteiger partial charge on any atom is -0.343 e. The van der Waals surface area contributed by atoms with Crippen LogP contribution >= 0.6 is 0 Å². The molecule has 3 heteroatoms. The molecular weight excluding hydrogens is 166 g/mol. The van der Waals surface area contributed by atoms with Gasteiger partial charge in [0.15, 0.2) is 0 Å². The van der Waals surface area contributed by atoms with Gasteiger partial charge in [-0.15, -0.1) is 0 Å². The molecule has 1 rings (SSSR count). The van der Waals surface area contributed by atoms with Crippen molar-refractivity contribution in [2.75, 3.05) is 13.1 Å². The van der Waals surface area contributed by atoms with Gasteiger partial charge >= 0.3 is 0 Å². The summed E-state index contributed by atoms with van der Waals surface area (Å²) in [6.45, 7) is 7.30. The van der Waals surface area contributed by atoms with Crippen LogP contribution in [0.5, 0.6) is 0 Å². The molecule has 76 valence electrons. The zero-order chi connectivity index (χ0) is 10.3. The van der Waals surface area contributed by atoms with Crippen molar-refractivity contribution in [3.05, 3.63) is 0 Å². The second-order valence-electron chi connectivity index (χ2n) is 3.59. The summed E-state index contributed by atoms with van der Waals surface area (Å²) in [5.41, 5.74) is 0. The average Bonchev–Trinajstić information content (AvgIpc) is 2.57. The third-order valence-corrected chi connectivity index (χ3v) is 1.82. The van der Waals surface area contributed by atoms with Crippen molar-refractivity contribution in [2.24, 2.45) is 5.92 Å². The first-order valence-electron chi connectivity index (χ1n) is 4.78. The maximum Gasteiger partial charge on any atom is 0.219 e. The molecular formula is C10H19NO2. The normalized spacial score (nSPS) is 15.2. The van der Waals surface area contributed by atoms with E-state index in [0.717, 1.165) is 19.4 Å². The van der Waals surface area contributed by atoms with E-state index in [4.69, 9.17) is 0 Å². The summed E-state index contributed by atoms with van der Waals surface area (Å²) < 4.78 is 0. The molecule has 0 unspecified atom stereocenters. The average molecular weight is 185 g/mol. The molecule has 0 aromatic rings. The van der Waals surface area contributed by atoms with Crippen molar-refractivity contribution >= 4 is 12.2 Å². The van der Waals surface area contributed by atoms with Gasteiger partial charge in [-0.05, 0) is 12.8 Å². The Morgan fingerprint density at radius 2 is 1.69 bits per heavy atom. The van der Waals surface area contributed by atoms with Gasteiger partial charge in [0.25, 0.3) is 0 Å². The van der Waals surface area contributed by atoms with Gasteiger partial charge in [-0.3, -0.25) is 4.79 Å². The van der Waals surface area contributed by atoms with Gasteiger partial charge in [0.1, 0.15) is 6.29 Å². The second kappa shape index (κ2) is 6.63. The van der Waals surface area contributed by atoms with Crippen molar-refractivity contribution in [3.8, 4) is 0 Å². The number of hydrogen-bond donors (Lipinski definition) is 0. The molecule has 0 aliphatic carbocycles. The summed E-state index contributed by atoms with van der Waals surface area (Å²) in [7, 11) is 0. The number of amides is 1. The van der Waals surface area contributed by atoms with Gasteiger partial charge in [0.2, 0.25) is 5.91 Å². The van der Waals surface area contributed by atoms with E-state index in [0.29, 0.717) is 0 Å². The Bertz CT molecular complexity index is 160. The molecule has 0 N–H and O–H groups in total. The van der Waals surface area contributed by atoms with Crippen molar-refractivity contribution in [2.45, 2.75) is 33.6 Å².